The highest BCUT2D eigenvalue weighted by atomic mass is 16.1. The van der Waals surface area contributed by atoms with Crippen molar-refractivity contribution in [2.24, 2.45) is 0 Å². The van der Waals surface area contributed by atoms with Crippen molar-refractivity contribution in [3.05, 3.63) is 22.6 Å². The summed E-state index contributed by atoms with van der Waals surface area (Å²) in [6, 6.07) is 2.32. The number of aromatic nitrogens is 3. The van der Waals surface area contributed by atoms with Gasteiger partial charge in [-0.2, -0.15) is 5.10 Å². The van der Waals surface area contributed by atoms with Crippen LogP contribution in [0.4, 0.5) is 5.82 Å². The van der Waals surface area contributed by atoms with E-state index in [0.717, 1.165) is 18.2 Å². The number of H-pyrrole nitrogens is 1. The summed E-state index contributed by atoms with van der Waals surface area (Å²) in [7, 11) is 0. The van der Waals surface area contributed by atoms with E-state index in [1.165, 1.54) is 12.8 Å². The highest BCUT2D eigenvalue weighted by Gasteiger charge is 2.20. The molecule has 2 aromatic rings. The number of nitrogens with zero attached hydrogens (tertiary/aromatic N) is 2. The van der Waals surface area contributed by atoms with Crippen molar-refractivity contribution in [3.8, 4) is 0 Å². The fourth-order valence-corrected chi connectivity index (χ4v) is 2.60. The molecule has 0 aromatic carbocycles. The van der Waals surface area contributed by atoms with E-state index in [2.05, 4.69) is 14.8 Å². The van der Waals surface area contributed by atoms with E-state index in [1.54, 1.807) is 0 Å². The lowest BCUT2D eigenvalue weighted by Crippen LogP contribution is -2.15. The van der Waals surface area contributed by atoms with Gasteiger partial charge in [-0.3, -0.25) is 4.79 Å². The lowest BCUT2D eigenvalue weighted by atomic mass is 10.2. The van der Waals surface area contributed by atoms with Gasteiger partial charge in [-0.25, -0.2) is 5.10 Å². The first-order valence-electron chi connectivity index (χ1n) is 5.62. The Balaban J connectivity index is 2.26. The van der Waals surface area contributed by atoms with Crippen LogP contribution in [0.1, 0.15) is 31.7 Å². The Hall–Kier alpha value is -1.78. The van der Waals surface area contributed by atoms with Crippen molar-refractivity contribution in [3.63, 3.8) is 0 Å². The maximum absolute atomic E-state index is 11.8. The molecular formula is C11H14N4O. The average Bonchev–Trinajstić information content (AvgIpc) is 2.90. The molecule has 3 rings (SSSR count). The summed E-state index contributed by atoms with van der Waals surface area (Å²) in [5, 5.41) is 6.97. The number of aromatic amines is 1. The molecule has 2 heterocycles. The van der Waals surface area contributed by atoms with Crippen LogP contribution in [0, 0.1) is 0 Å². The highest BCUT2D eigenvalue weighted by molar-refractivity contribution is 5.88. The second kappa shape index (κ2) is 3.37. The molecule has 0 atom stereocenters. The standard InChI is InChI=1S/C11H14N4O/c12-10-8-5-6-15(7-3-1-2-4-7)9(8)11(16)14-13-10/h5-7H,1-4H2,(H2,12,13)(H,14,16). The molecule has 84 valence electrons. The molecule has 1 fully saturated rings. The number of rotatable bonds is 1. The number of hydrogen-bond acceptors (Lipinski definition) is 3. The largest absolute Gasteiger partial charge is 0.382 e. The minimum Gasteiger partial charge on any atom is -0.382 e. The summed E-state index contributed by atoms with van der Waals surface area (Å²) in [4.78, 5) is 11.8. The normalized spacial score (nSPS) is 17.2. The molecule has 5 nitrogen and oxygen atoms in total. The molecule has 5 heteroatoms. The van der Waals surface area contributed by atoms with E-state index in [9.17, 15) is 4.79 Å². The molecule has 1 saturated carbocycles. The summed E-state index contributed by atoms with van der Waals surface area (Å²) in [6.45, 7) is 0. The maximum Gasteiger partial charge on any atom is 0.288 e. The molecule has 3 N–H and O–H groups in total. The third kappa shape index (κ3) is 1.24. The van der Waals surface area contributed by atoms with Crippen molar-refractivity contribution in [2.75, 3.05) is 5.73 Å². The van der Waals surface area contributed by atoms with Gasteiger partial charge in [-0.15, -0.1) is 0 Å². The number of fused-ring (bicyclic) bond motifs is 1. The molecule has 0 unspecified atom stereocenters. The van der Waals surface area contributed by atoms with Crippen molar-refractivity contribution >= 4 is 16.7 Å². The van der Waals surface area contributed by atoms with Crippen molar-refractivity contribution < 1.29 is 0 Å². The number of nitrogens with one attached hydrogen (secondary N) is 1. The lowest BCUT2D eigenvalue weighted by molar-refractivity contribution is 0.534. The van der Waals surface area contributed by atoms with Crippen LogP contribution in [0.2, 0.25) is 0 Å². The van der Waals surface area contributed by atoms with E-state index in [-0.39, 0.29) is 5.56 Å². The van der Waals surface area contributed by atoms with Gasteiger partial charge in [0.2, 0.25) is 0 Å². The molecule has 1 aliphatic carbocycles. The Bertz CT molecular complexity index is 577. The van der Waals surface area contributed by atoms with Crippen molar-refractivity contribution in [1.82, 2.24) is 14.8 Å². The van der Waals surface area contributed by atoms with Gasteiger partial charge in [0.05, 0.1) is 0 Å². The molecule has 0 saturated heterocycles. The summed E-state index contributed by atoms with van der Waals surface area (Å²) < 4.78 is 2.05. The third-order valence-corrected chi connectivity index (χ3v) is 3.40. The van der Waals surface area contributed by atoms with Crippen LogP contribution in [0.15, 0.2) is 17.1 Å². The van der Waals surface area contributed by atoms with Gasteiger partial charge < -0.3 is 10.3 Å². The monoisotopic (exact) mass is 218 g/mol. The van der Waals surface area contributed by atoms with Crippen LogP contribution in [0.5, 0.6) is 0 Å². The summed E-state index contributed by atoms with van der Waals surface area (Å²) in [6.07, 6.45) is 6.72. The Morgan fingerprint density at radius 2 is 2.19 bits per heavy atom. The second-order valence-electron chi connectivity index (χ2n) is 4.36. The first-order chi connectivity index (χ1) is 7.77. The molecule has 2 aromatic heterocycles. The van der Waals surface area contributed by atoms with Crippen LogP contribution in [-0.2, 0) is 0 Å². The molecule has 1 aliphatic rings. The van der Waals surface area contributed by atoms with Gasteiger partial charge in [0.15, 0.2) is 5.82 Å². The minimum atomic E-state index is -0.152. The van der Waals surface area contributed by atoms with Crippen LogP contribution < -0.4 is 11.3 Å². The zero-order valence-electron chi connectivity index (χ0n) is 8.94. The Labute approximate surface area is 92.3 Å². The van der Waals surface area contributed by atoms with Crippen LogP contribution >= 0.6 is 0 Å². The maximum atomic E-state index is 11.8. The average molecular weight is 218 g/mol. The van der Waals surface area contributed by atoms with Gasteiger partial charge >= 0.3 is 0 Å². The van der Waals surface area contributed by atoms with Crippen molar-refractivity contribution in [2.45, 2.75) is 31.7 Å². The van der Waals surface area contributed by atoms with Gasteiger partial charge in [-0.1, -0.05) is 12.8 Å². The van der Waals surface area contributed by atoms with Gasteiger partial charge in [-0.05, 0) is 18.9 Å². The minimum absolute atomic E-state index is 0.152. The summed E-state index contributed by atoms with van der Waals surface area (Å²) >= 11 is 0. The van der Waals surface area contributed by atoms with Gasteiger partial charge in [0.1, 0.15) is 5.52 Å². The number of nitrogen functional groups attached to an aromatic ring is 1. The van der Waals surface area contributed by atoms with Gasteiger partial charge in [0.25, 0.3) is 5.56 Å². The highest BCUT2D eigenvalue weighted by Crippen LogP contribution is 2.32. The quantitative estimate of drug-likeness (QED) is 0.760. The fraction of sp³-hybridized carbons (Fsp3) is 0.455. The smallest absolute Gasteiger partial charge is 0.288 e. The van der Waals surface area contributed by atoms with E-state index in [0.29, 0.717) is 17.4 Å². The van der Waals surface area contributed by atoms with Gasteiger partial charge in [0, 0.05) is 17.6 Å². The predicted molar refractivity (Wildman–Crippen MR) is 62.3 cm³/mol. The molecule has 0 aliphatic heterocycles. The van der Waals surface area contributed by atoms with E-state index in [1.807, 2.05) is 12.3 Å². The molecule has 0 amide bonds. The van der Waals surface area contributed by atoms with Crippen LogP contribution in [-0.4, -0.2) is 14.8 Å². The lowest BCUT2D eigenvalue weighted by Gasteiger charge is -2.12. The summed E-state index contributed by atoms with van der Waals surface area (Å²) in [5.41, 5.74) is 6.26. The Morgan fingerprint density at radius 3 is 2.94 bits per heavy atom. The zero-order valence-corrected chi connectivity index (χ0v) is 8.94. The molecule has 16 heavy (non-hydrogen) atoms. The molecule has 0 bridgehead atoms. The Kier molecular flexibility index (Phi) is 1.99. The number of nitrogens with two attached hydrogens (primary N) is 1. The molecular weight excluding hydrogens is 204 g/mol. The van der Waals surface area contributed by atoms with Crippen molar-refractivity contribution in [1.29, 1.82) is 0 Å². The first kappa shape index (κ1) is 9.45. The summed E-state index contributed by atoms with van der Waals surface area (Å²) in [5.74, 6) is 0.395. The van der Waals surface area contributed by atoms with E-state index in [4.69, 9.17) is 5.73 Å². The SMILES string of the molecule is Nc1n[nH]c(=O)c2c1ccn2C1CCCC1. The van der Waals surface area contributed by atoms with E-state index < -0.39 is 0 Å². The number of anilines is 1. The third-order valence-electron chi connectivity index (χ3n) is 3.40. The second-order valence-corrected chi connectivity index (χ2v) is 4.36. The fourth-order valence-electron chi connectivity index (χ4n) is 2.60. The van der Waals surface area contributed by atoms with E-state index >= 15 is 0 Å². The predicted octanol–water partition coefficient (Wildman–Crippen LogP) is 1.42. The first-order valence-corrected chi connectivity index (χ1v) is 5.62. The number of hydrogen-bond donors (Lipinski definition) is 2. The zero-order chi connectivity index (χ0) is 11.1. The van der Waals surface area contributed by atoms with Crippen LogP contribution in [0.3, 0.4) is 0 Å². The topological polar surface area (TPSA) is 76.7 Å². The van der Waals surface area contributed by atoms with Crippen LogP contribution in [0.25, 0.3) is 10.9 Å². The Morgan fingerprint density at radius 1 is 1.44 bits per heavy atom. The molecule has 0 radical (unpaired) electrons. The molecule has 0 spiro atoms.